The fourth-order valence-corrected chi connectivity index (χ4v) is 3.94. The first-order valence-electron chi connectivity index (χ1n) is 8.19. The third kappa shape index (κ3) is 5.54. The average Bonchev–Trinajstić information content (AvgIpc) is 2.68. The molecular formula is C20H22O5S. The summed E-state index contributed by atoms with van der Waals surface area (Å²) in [5.74, 6) is -0.774. The zero-order valence-electron chi connectivity index (χ0n) is 14.6. The number of hydrogen-bond acceptors (Lipinski definition) is 5. The number of carbonyl (C=O) groups is 1. The van der Waals surface area contributed by atoms with Crippen molar-refractivity contribution in [2.45, 2.75) is 23.2 Å². The molecule has 0 spiro atoms. The first-order valence-corrected chi connectivity index (χ1v) is 9.74. The Hall–Kier alpha value is -2.44. The third-order valence-corrected chi connectivity index (χ3v) is 5.82. The van der Waals surface area contributed by atoms with Crippen molar-refractivity contribution in [3.63, 3.8) is 0 Å². The monoisotopic (exact) mass is 374 g/mol. The number of rotatable bonds is 9. The molecule has 0 radical (unpaired) electrons. The molecule has 0 fully saturated rings. The normalized spacial score (nSPS) is 12.8. The van der Waals surface area contributed by atoms with E-state index in [0.29, 0.717) is 13.2 Å². The minimum atomic E-state index is -3.81. The molecule has 0 saturated carbocycles. The van der Waals surface area contributed by atoms with Crippen LogP contribution in [0.5, 0.6) is 0 Å². The highest BCUT2D eigenvalue weighted by atomic mass is 32.2. The fraction of sp³-hybridized carbons (Fsp3) is 0.250. The van der Waals surface area contributed by atoms with Gasteiger partial charge in [0.05, 0.1) is 25.2 Å². The first-order chi connectivity index (χ1) is 12.6. The number of hydrogen-bond donors (Lipinski definition) is 0. The maximum absolute atomic E-state index is 12.7. The molecule has 0 aliphatic heterocycles. The molecule has 0 saturated heterocycles. The van der Waals surface area contributed by atoms with Crippen LogP contribution in [-0.2, 0) is 30.7 Å². The van der Waals surface area contributed by atoms with Crippen LogP contribution in [0.4, 0.5) is 0 Å². The quantitative estimate of drug-likeness (QED) is 0.383. The van der Waals surface area contributed by atoms with Crippen LogP contribution in [0.2, 0.25) is 0 Å². The Morgan fingerprint density at radius 2 is 1.62 bits per heavy atom. The average molecular weight is 374 g/mol. The molecule has 26 heavy (non-hydrogen) atoms. The first kappa shape index (κ1) is 19.9. The van der Waals surface area contributed by atoms with E-state index in [0.717, 1.165) is 5.56 Å². The highest BCUT2D eigenvalue weighted by molar-refractivity contribution is 7.92. The van der Waals surface area contributed by atoms with Crippen LogP contribution in [0.15, 0.2) is 77.7 Å². The van der Waals surface area contributed by atoms with Gasteiger partial charge in [-0.1, -0.05) is 60.7 Å². The van der Waals surface area contributed by atoms with E-state index < -0.39 is 21.1 Å². The number of sulfone groups is 1. The summed E-state index contributed by atoms with van der Waals surface area (Å²) < 4.78 is 35.5. The highest BCUT2D eigenvalue weighted by Crippen LogP contribution is 2.19. The minimum Gasteiger partial charge on any atom is -0.468 e. The fourth-order valence-electron chi connectivity index (χ4n) is 2.36. The predicted octanol–water partition coefficient (Wildman–Crippen LogP) is 3.17. The summed E-state index contributed by atoms with van der Waals surface area (Å²) in [5.41, 5.74) is 1.06. The molecule has 0 N–H and O–H groups in total. The molecule has 6 heteroatoms. The van der Waals surface area contributed by atoms with Crippen molar-refractivity contribution in [3.8, 4) is 0 Å². The van der Waals surface area contributed by atoms with Gasteiger partial charge in [-0.25, -0.2) is 8.42 Å². The van der Waals surface area contributed by atoms with Gasteiger partial charge in [0, 0.05) is 0 Å². The van der Waals surface area contributed by atoms with E-state index in [4.69, 9.17) is 4.74 Å². The second-order valence-electron chi connectivity index (χ2n) is 5.58. The lowest BCUT2D eigenvalue weighted by molar-refractivity contribution is -0.140. The van der Waals surface area contributed by atoms with Gasteiger partial charge in [0.1, 0.15) is 0 Å². The number of allylic oxidation sites excluding steroid dienone is 1. The molecule has 2 aromatic carbocycles. The summed E-state index contributed by atoms with van der Waals surface area (Å²) in [4.78, 5) is 12.1. The lowest BCUT2D eigenvalue weighted by atomic mass is 10.2. The molecule has 0 aromatic heterocycles. The Morgan fingerprint density at radius 1 is 1.00 bits per heavy atom. The lowest BCUT2D eigenvalue weighted by Gasteiger charge is -2.14. The zero-order chi connectivity index (χ0) is 18.8. The van der Waals surface area contributed by atoms with Gasteiger partial charge in [-0.05, 0) is 24.1 Å². The summed E-state index contributed by atoms with van der Waals surface area (Å²) >= 11 is 0. The zero-order valence-corrected chi connectivity index (χ0v) is 15.4. The van der Waals surface area contributed by atoms with E-state index in [9.17, 15) is 13.2 Å². The standard InChI is InChI=1S/C20H22O5S/c1-24-20(21)19(26(22,23)18-12-6-3-7-13-18)14-8-9-15-25-16-17-10-4-2-5-11-17/h2-13,19H,14-16H2,1H3/b9-8+. The van der Waals surface area contributed by atoms with Gasteiger partial charge in [-0.2, -0.15) is 0 Å². The number of carbonyl (C=O) groups excluding carboxylic acids is 1. The maximum Gasteiger partial charge on any atom is 0.324 e. The van der Waals surface area contributed by atoms with Crippen molar-refractivity contribution in [1.29, 1.82) is 0 Å². The summed E-state index contributed by atoms with van der Waals surface area (Å²) in [6.45, 7) is 0.794. The van der Waals surface area contributed by atoms with Crippen LogP contribution in [0.1, 0.15) is 12.0 Å². The van der Waals surface area contributed by atoms with Crippen LogP contribution < -0.4 is 0 Å². The minimum absolute atomic E-state index is 0.0264. The largest absolute Gasteiger partial charge is 0.468 e. The van der Waals surface area contributed by atoms with Crippen LogP contribution in [0, 0.1) is 0 Å². The van der Waals surface area contributed by atoms with Gasteiger partial charge in [0.15, 0.2) is 15.1 Å². The van der Waals surface area contributed by atoms with Crippen molar-refractivity contribution >= 4 is 15.8 Å². The van der Waals surface area contributed by atoms with Crippen molar-refractivity contribution in [1.82, 2.24) is 0 Å². The molecule has 2 aromatic rings. The molecule has 0 aliphatic carbocycles. The Kier molecular flexibility index (Phi) is 7.56. The van der Waals surface area contributed by atoms with Gasteiger partial charge < -0.3 is 9.47 Å². The van der Waals surface area contributed by atoms with Crippen molar-refractivity contribution in [3.05, 3.63) is 78.4 Å². The van der Waals surface area contributed by atoms with Crippen molar-refractivity contribution in [2.24, 2.45) is 0 Å². The summed E-state index contributed by atoms with van der Waals surface area (Å²) in [6.07, 6.45) is 3.37. The van der Waals surface area contributed by atoms with Crippen LogP contribution in [0.3, 0.4) is 0 Å². The lowest BCUT2D eigenvalue weighted by Crippen LogP contribution is -2.31. The molecule has 0 aliphatic rings. The Balaban J connectivity index is 1.95. The molecule has 5 nitrogen and oxygen atoms in total. The van der Waals surface area contributed by atoms with Crippen molar-refractivity contribution < 1.29 is 22.7 Å². The van der Waals surface area contributed by atoms with E-state index in [1.54, 1.807) is 30.4 Å². The van der Waals surface area contributed by atoms with Crippen molar-refractivity contribution in [2.75, 3.05) is 13.7 Å². The summed E-state index contributed by atoms with van der Waals surface area (Å²) in [7, 11) is -2.63. The molecular weight excluding hydrogens is 352 g/mol. The Bertz CT molecular complexity index is 814. The summed E-state index contributed by atoms with van der Waals surface area (Å²) in [5, 5.41) is -1.28. The van der Waals surface area contributed by atoms with Crippen LogP contribution in [-0.4, -0.2) is 33.4 Å². The number of methoxy groups -OCH3 is 1. The number of ether oxygens (including phenoxy) is 2. The number of benzene rings is 2. The van der Waals surface area contributed by atoms with Gasteiger partial charge in [-0.3, -0.25) is 4.79 Å². The SMILES string of the molecule is COC(=O)C(C/C=C/COCc1ccccc1)S(=O)(=O)c1ccccc1. The van der Waals surface area contributed by atoms with Gasteiger partial charge in [0.25, 0.3) is 0 Å². The molecule has 1 atom stereocenters. The molecule has 0 amide bonds. The van der Waals surface area contributed by atoms with E-state index in [2.05, 4.69) is 4.74 Å². The maximum atomic E-state index is 12.7. The summed E-state index contributed by atoms with van der Waals surface area (Å²) in [6, 6.07) is 17.6. The van der Waals surface area contributed by atoms with E-state index in [1.807, 2.05) is 30.3 Å². The van der Waals surface area contributed by atoms with Gasteiger partial charge in [-0.15, -0.1) is 0 Å². The highest BCUT2D eigenvalue weighted by Gasteiger charge is 2.33. The third-order valence-electron chi connectivity index (χ3n) is 3.75. The smallest absolute Gasteiger partial charge is 0.324 e. The van der Waals surface area contributed by atoms with Gasteiger partial charge in [0.2, 0.25) is 0 Å². The molecule has 2 rings (SSSR count). The number of esters is 1. The molecule has 0 heterocycles. The second kappa shape index (κ2) is 9.89. The second-order valence-corrected chi connectivity index (χ2v) is 7.71. The van der Waals surface area contributed by atoms with Crippen LogP contribution in [0.25, 0.3) is 0 Å². The van der Waals surface area contributed by atoms with E-state index >= 15 is 0 Å². The Labute approximate surface area is 154 Å². The predicted molar refractivity (Wildman–Crippen MR) is 99.3 cm³/mol. The van der Waals surface area contributed by atoms with Crippen LogP contribution >= 0.6 is 0 Å². The molecule has 0 bridgehead atoms. The Morgan fingerprint density at radius 3 is 2.23 bits per heavy atom. The van der Waals surface area contributed by atoms with E-state index in [-0.39, 0.29) is 11.3 Å². The molecule has 1 unspecified atom stereocenters. The molecule has 138 valence electrons. The van der Waals surface area contributed by atoms with E-state index in [1.165, 1.54) is 19.2 Å². The van der Waals surface area contributed by atoms with Gasteiger partial charge >= 0.3 is 5.97 Å². The topological polar surface area (TPSA) is 69.7 Å².